The minimum atomic E-state index is -0.954. The first kappa shape index (κ1) is 15.9. The van der Waals surface area contributed by atoms with Gasteiger partial charge in [0.1, 0.15) is 0 Å². The van der Waals surface area contributed by atoms with Gasteiger partial charge in [-0.1, -0.05) is 33.1 Å². The van der Waals surface area contributed by atoms with E-state index in [1.54, 1.807) is 0 Å². The molecule has 0 saturated heterocycles. The second-order valence-corrected chi connectivity index (χ2v) is 4.08. The van der Waals surface area contributed by atoms with Gasteiger partial charge in [0, 0.05) is 0 Å². The van der Waals surface area contributed by atoms with Crippen LogP contribution in [0.1, 0.15) is 58.8 Å². The molecule has 4 nitrogen and oxygen atoms in total. The van der Waals surface area contributed by atoms with Crippen LogP contribution in [0.4, 0.5) is 0 Å². The summed E-state index contributed by atoms with van der Waals surface area (Å²) >= 11 is 0. The molecule has 0 spiro atoms. The largest absolute Gasteiger partial charge is 0.481 e. The number of hydrogen-bond acceptors (Lipinski definition) is 3. The monoisotopic (exact) mass is 244 g/mol. The predicted molar refractivity (Wildman–Crippen MR) is 65.8 cm³/mol. The summed E-state index contributed by atoms with van der Waals surface area (Å²) in [4.78, 5) is 21.3. The van der Waals surface area contributed by atoms with E-state index in [4.69, 9.17) is 9.84 Å². The molecule has 0 atom stereocenters. The third kappa shape index (κ3) is 8.72. The molecule has 1 aliphatic carbocycles. The van der Waals surface area contributed by atoms with E-state index in [9.17, 15) is 9.59 Å². The zero-order chi connectivity index (χ0) is 13.1. The molecule has 1 fully saturated rings. The number of rotatable bonds is 5. The van der Waals surface area contributed by atoms with E-state index in [0.717, 1.165) is 12.8 Å². The maximum atomic E-state index is 11.1. The summed E-state index contributed by atoms with van der Waals surface area (Å²) in [6.45, 7) is 4.47. The molecule has 1 rings (SSSR count). The first-order valence-corrected chi connectivity index (χ1v) is 6.56. The molecule has 0 aromatic carbocycles. The van der Waals surface area contributed by atoms with Crippen LogP contribution in [-0.4, -0.2) is 23.7 Å². The van der Waals surface area contributed by atoms with Crippen LogP contribution >= 0.6 is 0 Å². The Kier molecular flexibility index (Phi) is 9.49. The molecule has 0 heterocycles. The van der Waals surface area contributed by atoms with E-state index in [1.165, 1.54) is 19.3 Å². The van der Waals surface area contributed by atoms with Crippen molar-refractivity contribution in [3.63, 3.8) is 0 Å². The van der Waals surface area contributed by atoms with Gasteiger partial charge in [-0.15, -0.1) is 0 Å². The van der Waals surface area contributed by atoms with Crippen LogP contribution in [0.25, 0.3) is 0 Å². The fourth-order valence-corrected chi connectivity index (χ4v) is 1.85. The van der Waals surface area contributed by atoms with E-state index in [2.05, 4.69) is 0 Å². The summed E-state index contributed by atoms with van der Waals surface area (Å²) in [5, 5.41) is 8.37. The number of carboxylic acid groups (broad SMARTS) is 1. The second kappa shape index (κ2) is 10.1. The van der Waals surface area contributed by atoms with E-state index < -0.39 is 5.97 Å². The van der Waals surface area contributed by atoms with Gasteiger partial charge < -0.3 is 9.84 Å². The molecule has 100 valence electrons. The zero-order valence-corrected chi connectivity index (χ0v) is 10.9. The molecule has 0 amide bonds. The minimum Gasteiger partial charge on any atom is -0.481 e. The lowest BCUT2D eigenvalue weighted by molar-refractivity contribution is -0.149. The number of carbonyl (C=O) groups is 2. The van der Waals surface area contributed by atoms with Gasteiger partial charge in [-0.25, -0.2) is 0 Å². The lowest BCUT2D eigenvalue weighted by Gasteiger charge is -2.20. The molecule has 1 N–H and O–H groups in total. The number of carbonyl (C=O) groups excluding carboxylic acids is 1. The average Bonchev–Trinajstić information content (AvgIpc) is 2.37. The molecule has 0 unspecified atom stereocenters. The van der Waals surface area contributed by atoms with Gasteiger partial charge in [0.15, 0.2) is 0 Å². The molecule has 0 radical (unpaired) electrons. The Morgan fingerprint density at radius 2 is 1.71 bits per heavy atom. The van der Waals surface area contributed by atoms with Crippen LogP contribution in [0.5, 0.6) is 0 Å². The van der Waals surface area contributed by atoms with E-state index >= 15 is 0 Å². The van der Waals surface area contributed by atoms with Gasteiger partial charge in [-0.05, 0) is 18.8 Å². The number of aliphatic carboxylic acids is 1. The highest BCUT2D eigenvalue weighted by Crippen LogP contribution is 2.23. The maximum Gasteiger partial charge on any atom is 0.306 e. The number of ether oxygens (including phenoxy) is 1. The Hall–Kier alpha value is -1.06. The summed E-state index contributed by atoms with van der Waals surface area (Å²) in [6.07, 6.45) is 5.84. The SMILES string of the molecule is CC.O=C(O)CCC(=O)OCC1CCCCC1. The number of carboxylic acids is 1. The molecule has 17 heavy (non-hydrogen) atoms. The highest BCUT2D eigenvalue weighted by molar-refractivity contribution is 5.76. The van der Waals surface area contributed by atoms with Crippen molar-refractivity contribution >= 4 is 11.9 Å². The third-order valence-electron chi connectivity index (χ3n) is 2.75. The van der Waals surface area contributed by atoms with Gasteiger partial charge in [0.2, 0.25) is 0 Å². The fraction of sp³-hybridized carbons (Fsp3) is 0.846. The van der Waals surface area contributed by atoms with Crippen molar-refractivity contribution in [2.24, 2.45) is 5.92 Å². The minimum absolute atomic E-state index is 0.0119. The predicted octanol–water partition coefficient (Wildman–Crippen LogP) is 3.00. The molecule has 4 heteroatoms. The van der Waals surface area contributed by atoms with Crippen LogP contribution < -0.4 is 0 Å². The Bertz CT molecular complexity index is 219. The molecular weight excluding hydrogens is 220 g/mol. The van der Waals surface area contributed by atoms with Crippen molar-refractivity contribution < 1.29 is 19.4 Å². The maximum absolute atomic E-state index is 11.1. The topological polar surface area (TPSA) is 63.6 Å². The highest BCUT2D eigenvalue weighted by Gasteiger charge is 2.15. The van der Waals surface area contributed by atoms with Gasteiger partial charge >= 0.3 is 11.9 Å². The van der Waals surface area contributed by atoms with E-state index in [-0.39, 0.29) is 18.8 Å². The standard InChI is InChI=1S/C11H18O4.C2H6/c12-10(13)6-7-11(14)15-8-9-4-2-1-3-5-9;1-2/h9H,1-8H2,(H,12,13);1-2H3. The van der Waals surface area contributed by atoms with Crippen molar-refractivity contribution in [1.82, 2.24) is 0 Å². The molecule has 1 saturated carbocycles. The summed E-state index contributed by atoms with van der Waals surface area (Å²) < 4.78 is 5.03. The van der Waals surface area contributed by atoms with Crippen LogP contribution in [0.3, 0.4) is 0 Å². The van der Waals surface area contributed by atoms with Gasteiger partial charge in [0.25, 0.3) is 0 Å². The Morgan fingerprint density at radius 1 is 1.12 bits per heavy atom. The van der Waals surface area contributed by atoms with Crippen LogP contribution in [0, 0.1) is 5.92 Å². The van der Waals surface area contributed by atoms with Gasteiger partial charge in [-0.3, -0.25) is 9.59 Å². The zero-order valence-electron chi connectivity index (χ0n) is 10.9. The van der Waals surface area contributed by atoms with Crippen molar-refractivity contribution in [3.05, 3.63) is 0 Å². The molecule has 0 aliphatic heterocycles. The van der Waals surface area contributed by atoms with Crippen LogP contribution in [0.2, 0.25) is 0 Å². The number of esters is 1. The molecule has 1 aliphatic rings. The smallest absolute Gasteiger partial charge is 0.306 e. The van der Waals surface area contributed by atoms with Crippen molar-refractivity contribution in [2.75, 3.05) is 6.61 Å². The summed E-state index contributed by atoms with van der Waals surface area (Å²) in [5.41, 5.74) is 0. The average molecular weight is 244 g/mol. The lowest BCUT2D eigenvalue weighted by atomic mass is 9.90. The highest BCUT2D eigenvalue weighted by atomic mass is 16.5. The first-order valence-electron chi connectivity index (χ1n) is 6.56. The molecular formula is C13H24O4. The van der Waals surface area contributed by atoms with Crippen molar-refractivity contribution in [3.8, 4) is 0 Å². The van der Waals surface area contributed by atoms with Gasteiger partial charge in [0.05, 0.1) is 19.4 Å². The van der Waals surface area contributed by atoms with E-state index in [0.29, 0.717) is 12.5 Å². The molecule has 0 bridgehead atoms. The van der Waals surface area contributed by atoms with Gasteiger partial charge in [-0.2, -0.15) is 0 Å². The fourth-order valence-electron chi connectivity index (χ4n) is 1.85. The van der Waals surface area contributed by atoms with E-state index in [1.807, 2.05) is 13.8 Å². The normalized spacial score (nSPS) is 15.6. The Labute approximate surface area is 103 Å². The summed E-state index contributed by atoms with van der Waals surface area (Å²) in [7, 11) is 0. The molecule has 0 aromatic rings. The van der Waals surface area contributed by atoms with Crippen molar-refractivity contribution in [1.29, 1.82) is 0 Å². The van der Waals surface area contributed by atoms with Crippen molar-refractivity contribution in [2.45, 2.75) is 58.8 Å². The third-order valence-corrected chi connectivity index (χ3v) is 2.75. The second-order valence-electron chi connectivity index (χ2n) is 4.08. The first-order chi connectivity index (χ1) is 8.18. The van der Waals surface area contributed by atoms with Crippen LogP contribution in [-0.2, 0) is 14.3 Å². The lowest BCUT2D eigenvalue weighted by Crippen LogP contribution is -2.17. The summed E-state index contributed by atoms with van der Waals surface area (Å²) in [6, 6.07) is 0. The molecule has 0 aromatic heterocycles. The quantitative estimate of drug-likeness (QED) is 0.755. The Morgan fingerprint density at radius 3 is 2.24 bits per heavy atom. The number of hydrogen-bond donors (Lipinski definition) is 1. The summed E-state index contributed by atoms with van der Waals surface area (Å²) in [5.74, 6) is -0.847. The van der Waals surface area contributed by atoms with Crippen LogP contribution in [0.15, 0.2) is 0 Å². The Balaban J connectivity index is 0.00000121.